The second kappa shape index (κ2) is 5.39. The van der Waals surface area contributed by atoms with Gasteiger partial charge in [-0.1, -0.05) is 17.3 Å². The lowest BCUT2D eigenvalue weighted by Gasteiger charge is -2.20. The van der Waals surface area contributed by atoms with Crippen molar-refractivity contribution >= 4 is 17.6 Å². The molecular formula is C12H17N3O3. The van der Waals surface area contributed by atoms with E-state index < -0.39 is 11.7 Å². The Kier molecular flexibility index (Phi) is 4.14. The van der Waals surface area contributed by atoms with Crippen molar-refractivity contribution in [2.45, 2.75) is 26.4 Å². The summed E-state index contributed by atoms with van der Waals surface area (Å²) in [7, 11) is 0. The van der Waals surface area contributed by atoms with Crippen molar-refractivity contribution < 1.29 is 14.7 Å². The van der Waals surface area contributed by atoms with Gasteiger partial charge in [-0.3, -0.25) is 5.32 Å². The molecule has 0 aromatic heterocycles. The summed E-state index contributed by atoms with van der Waals surface area (Å²) < 4.78 is 5.12. The normalized spacial score (nSPS) is 12.1. The molecule has 0 heterocycles. The van der Waals surface area contributed by atoms with E-state index in [4.69, 9.17) is 15.7 Å². The average Bonchev–Trinajstić information content (AvgIpc) is 2.26. The largest absolute Gasteiger partial charge is 0.444 e. The predicted octanol–water partition coefficient (Wildman–Crippen LogP) is 2.13. The summed E-state index contributed by atoms with van der Waals surface area (Å²) in [4.78, 5) is 11.6. The van der Waals surface area contributed by atoms with Crippen LogP contribution in [-0.2, 0) is 4.74 Å². The number of hydrogen-bond acceptors (Lipinski definition) is 4. The van der Waals surface area contributed by atoms with Crippen LogP contribution in [0.15, 0.2) is 29.4 Å². The Labute approximate surface area is 105 Å². The second-order valence-electron chi connectivity index (χ2n) is 4.66. The molecule has 6 heteroatoms. The number of para-hydroxylation sites is 1. The van der Waals surface area contributed by atoms with Gasteiger partial charge in [-0.2, -0.15) is 0 Å². The van der Waals surface area contributed by atoms with Gasteiger partial charge in [-0.25, -0.2) is 4.79 Å². The van der Waals surface area contributed by atoms with Crippen LogP contribution in [0.2, 0.25) is 0 Å². The van der Waals surface area contributed by atoms with Crippen molar-refractivity contribution in [3.8, 4) is 0 Å². The maximum Gasteiger partial charge on any atom is 0.412 e. The summed E-state index contributed by atoms with van der Waals surface area (Å²) >= 11 is 0. The lowest BCUT2D eigenvalue weighted by Crippen LogP contribution is -2.28. The van der Waals surface area contributed by atoms with Crippen LogP contribution in [0.5, 0.6) is 0 Å². The summed E-state index contributed by atoms with van der Waals surface area (Å²) in [6, 6.07) is 6.70. The first-order valence-electron chi connectivity index (χ1n) is 5.40. The Morgan fingerprint density at radius 2 is 2.00 bits per heavy atom. The first kappa shape index (κ1) is 13.8. The Morgan fingerprint density at radius 3 is 2.56 bits per heavy atom. The molecule has 0 aliphatic rings. The van der Waals surface area contributed by atoms with E-state index in [1.54, 1.807) is 45.0 Å². The zero-order chi connectivity index (χ0) is 13.8. The number of nitrogens with zero attached hydrogens (tertiary/aromatic N) is 1. The maximum atomic E-state index is 11.6. The number of amidine groups is 1. The third kappa shape index (κ3) is 3.97. The van der Waals surface area contributed by atoms with E-state index in [1.165, 1.54) is 0 Å². The van der Waals surface area contributed by atoms with Gasteiger partial charge >= 0.3 is 6.09 Å². The maximum absolute atomic E-state index is 11.6. The standard InChI is InChI=1S/C12H17N3O3/c1-12(2,3)18-11(16)14-9-7-5-4-6-8(9)10(13)15-17/h4-7,17H,1-3H3,(H2,13,15)(H,14,16). The SMILES string of the molecule is CC(C)(C)OC(=O)Nc1ccccc1/C(N)=N/O. The van der Waals surface area contributed by atoms with Crippen LogP contribution in [0.1, 0.15) is 26.3 Å². The van der Waals surface area contributed by atoms with Crippen molar-refractivity contribution in [1.29, 1.82) is 0 Å². The molecule has 6 nitrogen and oxygen atoms in total. The van der Waals surface area contributed by atoms with Crippen LogP contribution in [0.4, 0.5) is 10.5 Å². The fourth-order valence-electron chi connectivity index (χ4n) is 1.28. The van der Waals surface area contributed by atoms with Gasteiger partial charge in [0, 0.05) is 5.56 Å². The molecule has 1 amide bonds. The topological polar surface area (TPSA) is 96.9 Å². The molecular weight excluding hydrogens is 234 g/mol. The van der Waals surface area contributed by atoms with E-state index in [-0.39, 0.29) is 5.84 Å². The lowest BCUT2D eigenvalue weighted by atomic mass is 10.1. The molecule has 1 rings (SSSR count). The highest BCUT2D eigenvalue weighted by molar-refractivity contribution is 6.04. The van der Waals surface area contributed by atoms with Gasteiger partial charge in [0.05, 0.1) is 5.69 Å². The van der Waals surface area contributed by atoms with Crippen LogP contribution >= 0.6 is 0 Å². The van der Waals surface area contributed by atoms with Crippen LogP contribution < -0.4 is 11.1 Å². The van der Waals surface area contributed by atoms with Crippen molar-refractivity contribution in [1.82, 2.24) is 0 Å². The van der Waals surface area contributed by atoms with E-state index in [2.05, 4.69) is 10.5 Å². The van der Waals surface area contributed by atoms with E-state index in [0.29, 0.717) is 11.3 Å². The summed E-state index contributed by atoms with van der Waals surface area (Å²) in [5.41, 5.74) is 5.76. The number of nitrogens with two attached hydrogens (primary N) is 1. The third-order valence-corrected chi connectivity index (χ3v) is 1.95. The molecule has 1 aromatic carbocycles. The summed E-state index contributed by atoms with van der Waals surface area (Å²) in [6.45, 7) is 5.30. The minimum Gasteiger partial charge on any atom is -0.444 e. The van der Waals surface area contributed by atoms with E-state index in [1.807, 2.05) is 0 Å². The molecule has 0 aliphatic carbocycles. The minimum atomic E-state index is -0.597. The van der Waals surface area contributed by atoms with Gasteiger partial charge in [0.2, 0.25) is 0 Å². The smallest absolute Gasteiger partial charge is 0.412 e. The van der Waals surface area contributed by atoms with Crippen molar-refractivity contribution in [3.63, 3.8) is 0 Å². The Hall–Kier alpha value is -2.24. The van der Waals surface area contributed by atoms with Crippen LogP contribution in [0.25, 0.3) is 0 Å². The van der Waals surface area contributed by atoms with Gasteiger partial charge in [0.15, 0.2) is 5.84 Å². The van der Waals surface area contributed by atoms with Crippen LogP contribution in [-0.4, -0.2) is 22.7 Å². The fourth-order valence-corrected chi connectivity index (χ4v) is 1.28. The fraction of sp³-hybridized carbons (Fsp3) is 0.333. The molecule has 0 spiro atoms. The zero-order valence-corrected chi connectivity index (χ0v) is 10.6. The molecule has 0 bridgehead atoms. The van der Waals surface area contributed by atoms with Gasteiger partial charge in [-0.15, -0.1) is 0 Å². The van der Waals surface area contributed by atoms with E-state index in [9.17, 15) is 4.79 Å². The van der Waals surface area contributed by atoms with Gasteiger partial charge < -0.3 is 15.7 Å². The molecule has 0 radical (unpaired) electrons. The molecule has 18 heavy (non-hydrogen) atoms. The van der Waals surface area contributed by atoms with E-state index >= 15 is 0 Å². The highest BCUT2D eigenvalue weighted by Gasteiger charge is 2.17. The van der Waals surface area contributed by atoms with Crippen molar-refractivity contribution in [2.75, 3.05) is 5.32 Å². The summed E-state index contributed by atoms with van der Waals surface area (Å²) in [5, 5.41) is 14.1. The summed E-state index contributed by atoms with van der Waals surface area (Å²) in [6.07, 6.45) is -0.597. The lowest BCUT2D eigenvalue weighted by molar-refractivity contribution is 0.0636. The molecule has 1 aromatic rings. The second-order valence-corrected chi connectivity index (χ2v) is 4.66. The van der Waals surface area contributed by atoms with Gasteiger partial charge in [0.1, 0.15) is 5.60 Å². The molecule has 0 atom stereocenters. The number of carbonyl (C=O) groups is 1. The number of oxime groups is 1. The highest BCUT2D eigenvalue weighted by atomic mass is 16.6. The predicted molar refractivity (Wildman–Crippen MR) is 68.8 cm³/mol. The third-order valence-electron chi connectivity index (χ3n) is 1.95. The monoisotopic (exact) mass is 251 g/mol. The number of carbonyl (C=O) groups excluding carboxylic acids is 1. The van der Waals surface area contributed by atoms with E-state index in [0.717, 1.165) is 0 Å². The van der Waals surface area contributed by atoms with Crippen molar-refractivity contribution in [3.05, 3.63) is 29.8 Å². The number of rotatable bonds is 2. The highest BCUT2D eigenvalue weighted by Crippen LogP contribution is 2.16. The van der Waals surface area contributed by atoms with Crippen LogP contribution in [0.3, 0.4) is 0 Å². The number of nitrogens with one attached hydrogen (secondary N) is 1. The Bertz CT molecular complexity index is 464. The Morgan fingerprint density at radius 1 is 1.39 bits per heavy atom. The molecule has 0 fully saturated rings. The number of benzene rings is 1. The summed E-state index contributed by atoms with van der Waals surface area (Å²) in [5.74, 6) is -0.0818. The quantitative estimate of drug-likeness (QED) is 0.324. The number of amides is 1. The average molecular weight is 251 g/mol. The number of hydrogen-bond donors (Lipinski definition) is 3. The Balaban J connectivity index is 2.88. The number of anilines is 1. The molecule has 0 saturated carbocycles. The molecule has 0 unspecified atom stereocenters. The number of ether oxygens (including phenoxy) is 1. The molecule has 0 saturated heterocycles. The van der Waals surface area contributed by atoms with Gasteiger partial charge in [0.25, 0.3) is 0 Å². The molecule has 0 aliphatic heterocycles. The van der Waals surface area contributed by atoms with Gasteiger partial charge in [-0.05, 0) is 32.9 Å². The molecule has 4 N–H and O–H groups in total. The van der Waals surface area contributed by atoms with Crippen molar-refractivity contribution in [2.24, 2.45) is 10.9 Å². The first-order valence-corrected chi connectivity index (χ1v) is 5.40. The minimum absolute atomic E-state index is 0.0818. The first-order chi connectivity index (χ1) is 8.33. The zero-order valence-electron chi connectivity index (χ0n) is 10.6. The molecule has 98 valence electrons. The van der Waals surface area contributed by atoms with Crippen LogP contribution in [0, 0.1) is 0 Å².